The van der Waals surface area contributed by atoms with E-state index in [1.807, 2.05) is 14.0 Å². The second kappa shape index (κ2) is 7.64. The topological polar surface area (TPSA) is 45.7 Å². The van der Waals surface area contributed by atoms with Gasteiger partial charge in [-0.05, 0) is 19.8 Å². The van der Waals surface area contributed by atoms with Crippen LogP contribution >= 0.6 is 24.0 Å². The Balaban J connectivity index is 0.00000200. The van der Waals surface area contributed by atoms with Crippen LogP contribution in [0.25, 0.3) is 0 Å². The summed E-state index contributed by atoms with van der Waals surface area (Å²) in [7, 11) is 1.83. The average molecular weight is 393 g/mol. The van der Waals surface area contributed by atoms with Crippen LogP contribution in [0.1, 0.15) is 33.6 Å². The van der Waals surface area contributed by atoms with Gasteiger partial charge in [0.25, 0.3) is 0 Å². The van der Waals surface area contributed by atoms with Crippen LogP contribution in [0.3, 0.4) is 0 Å². The molecule has 2 rings (SSSR count). The molecule has 0 radical (unpaired) electrons. The fraction of sp³-hybridized carbons (Fsp3) is 0.800. The number of aliphatic imine (C=N–C) groups is 1. The van der Waals surface area contributed by atoms with Crippen molar-refractivity contribution in [2.24, 2.45) is 16.3 Å². The van der Waals surface area contributed by atoms with Gasteiger partial charge < -0.3 is 15.4 Å². The molecule has 1 saturated carbocycles. The fourth-order valence-corrected chi connectivity index (χ4v) is 3.40. The maximum Gasteiger partial charge on any atom is 0.191 e. The summed E-state index contributed by atoms with van der Waals surface area (Å²) < 4.78 is 5.82. The molecule has 0 amide bonds. The predicted molar refractivity (Wildman–Crippen MR) is 94.8 cm³/mol. The van der Waals surface area contributed by atoms with E-state index < -0.39 is 0 Å². The summed E-state index contributed by atoms with van der Waals surface area (Å²) in [6, 6.07) is 0.466. The van der Waals surface area contributed by atoms with E-state index in [4.69, 9.17) is 4.74 Å². The third-order valence-electron chi connectivity index (χ3n) is 4.46. The lowest BCUT2D eigenvalue weighted by Crippen LogP contribution is -2.67. The molecule has 1 saturated heterocycles. The van der Waals surface area contributed by atoms with Gasteiger partial charge in [-0.15, -0.1) is 24.0 Å². The molecule has 0 aromatic carbocycles. The highest BCUT2D eigenvalue weighted by Gasteiger charge is 2.59. The van der Waals surface area contributed by atoms with Gasteiger partial charge in [0.05, 0.1) is 6.10 Å². The van der Waals surface area contributed by atoms with Crippen molar-refractivity contribution in [1.29, 1.82) is 0 Å². The Morgan fingerprint density at radius 3 is 2.85 bits per heavy atom. The number of halogens is 1. The minimum absolute atomic E-state index is 0. The molecule has 20 heavy (non-hydrogen) atoms. The number of hydrogen-bond donors (Lipinski definition) is 2. The molecule has 0 aromatic heterocycles. The van der Waals surface area contributed by atoms with Crippen LogP contribution in [0.2, 0.25) is 0 Å². The summed E-state index contributed by atoms with van der Waals surface area (Å²) in [6.07, 6.45) is 6.86. The van der Waals surface area contributed by atoms with Crippen molar-refractivity contribution in [2.45, 2.75) is 45.8 Å². The zero-order valence-corrected chi connectivity index (χ0v) is 15.3. The van der Waals surface area contributed by atoms with E-state index >= 15 is 0 Å². The summed E-state index contributed by atoms with van der Waals surface area (Å²) in [5.74, 6) is 1.55. The first kappa shape index (κ1) is 17.8. The molecule has 0 spiro atoms. The Bertz CT molecular complexity index is 368. The molecule has 1 aliphatic heterocycles. The van der Waals surface area contributed by atoms with Gasteiger partial charge in [0.15, 0.2) is 5.96 Å². The monoisotopic (exact) mass is 393 g/mol. The van der Waals surface area contributed by atoms with E-state index in [1.54, 1.807) is 0 Å². The van der Waals surface area contributed by atoms with Gasteiger partial charge in [-0.3, -0.25) is 4.99 Å². The number of allylic oxidation sites excluding steroid dienone is 1. The number of ether oxygens (including phenoxy) is 1. The Kier molecular flexibility index (Phi) is 6.78. The molecule has 3 unspecified atom stereocenters. The van der Waals surface area contributed by atoms with Gasteiger partial charge in [-0.1, -0.05) is 26.0 Å². The molecule has 5 heteroatoms. The van der Waals surface area contributed by atoms with Crippen LogP contribution < -0.4 is 10.6 Å². The minimum atomic E-state index is 0. The molecule has 0 bridgehead atoms. The molecule has 4 nitrogen and oxygen atoms in total. The lowest BCUT2D eigenvalue weighted by Gasteiger charge is -2.54. The first-order valence-electron chi connectivity index (χ1n) is 7.31. The third-order valence-corrected chi connectivity index (χ3v) is 4.46. The van der Waals surface area contributed by atoms with E-state index in [0.29, 0.717) is 18.1 Å². The normalized spacial score (nSPS) is 31.4. The number of rotatable bonds is 4. The Labute approximate surface area is 139 Å². The number of fused-ring (bicyclic) bond motifs is 1. The number of nitrogens with zero attached hydrogens (tertiary/aromatic N) is 1. The third kappa shape index (κ3) is 3.47. The van der Waals surface area contributed by atoms with Gasteiger partial charge in [0, 0.05) is 37.6 Å². The Morgan fingerprint density at radius 2 is 2.20 bits per heavy atom. The van der Waals surface area contributed by atoms with E-state index in [0.717, 1.165) is 25.5 Å². The van der Waals surface area contributed by atoms with Crippen molar-refractivity contribution < 1.29 is 4.74 Å². The fourth-order valence-electron chi connectivity index (χ4n) is 3.40. The van der Waals surface area contributed by atoms with Crippen LogP contribution in [-0.2, 0) is 4.74 Å². The largest absolute Gasteiger partial charge is 0.377 e. The SMILES string of the molecule is CC=CCCNC(=NC)NC1C2CCOC2C1(C)C.I. The van der Waals surface area contributed by atoms with E-state index in [-0.39, 0.29) is 29.4 Å². The smallest absolute Gasteiger partial charge is 0.191 e. The molecule has 1 aliphatic carbocycles. The Morgan fingerprint density at radius 1 is 1.45 bits per heavy atom. The van der Waals surface area contributed by atoms with Crippen molar-refractivity contribution in [3.8, 4) is 0 Å². The first-order chi connectivity index (χ1) is 9.11. The van der Waals surface area contributed by atoms with Gasteiger partial charge >= 0.3 is 0 Å². The average Bonchev–Trinajstić information content (AvgIpc) is 2.84. The highest BCUT2D eigenvalue weighted by molar-refractivity contribution is 14.0. The number of nitrogens with one attached hydrogen (secondary N) is 2. The van der Waals surface area contributed by atoms with Crippen molar-refractivity contribution in [3.63, 3.8) is 0 Å². The van der Waals surface area contributed by atoms with Crippen LogP contribution in [0.4, 0.5) is 0 Å². The minimum Gasteiger partial charge on any atom is -0.377 e. The maximum atomic E-state index is 5.82. The summed E-state index contributed by atoms with van der Waals surface area (Å²) in [5.41, 5.74) is 0.197. The van der Waals surface area contributed by atoms with Gasteiger partial charge in [-0.2, -0.15) is 0 Å². The second-order valence-corrected chi connectivity index (χ2v) is 6.04. The van der Waals surface area contributed by atoms with Gasteiger partial charge in [0.1, 0.15) is 0 Å². The van der Waals surface area contributed by atoms with E-state index in [2.05, 4.69) is 41.6 Å². The lowest BCUT2D eigenvalue weighted by molar-refractivity contribution is -0.106. The Hall–Kier alpha value is -0.300. The standard InChI is InChI=1S/C15H27N3O.HI/c1-5-6-7-9-17-14(16-4)18-12-11-8-10-19-13(11)15(12,2)3;/h5-6,11-13H,7-10H2,1-4H3,(H2,16,17,18);1H. The van der Waals surface area contributed by atoms with Crippen LogP contribution in [0, 0.1) is 11.3 Å². The first-order valence-corrected chi connectivity index (χ1v) is 7.31. The van der Waals surface area contributed by atoms with Crippen LogP contribution in [0.15, 0.2) is 17.1 Å². The van der Waals surface area contributed by atoms with Crippen molar-refractivity contribution >= 4 is 29.9 Å². The quantitative estimate of drug-likeness (QED) is 0.254. The molecule has 116 valence electrons. The number of guanidine groups is 1. The van der Waals surface area contributed by atoms with Crippen LogP contribution in [0.5, 0.6) is 0 Å². The summed E-state index contributed by atoms with van der Waals surface area (Å²) in [4.78, 5) is 4.32. The summed E-state index contributed by atoms with van der Waals surface area (Å²) >= 11 is 0. The highest BCUT2D eigenvalue weighted by atomic mass is 127. The van der Waals surface area contributed by atoms with E-state index in [1.165, 1.54) is 6.42 Å². The molecule has 2 N–H and O–H groups in total. The molecular formula is C15H28IN3O. The van der Waals surface area contributed by atoms with Crippen LogP contribution in [-0.4, -0.2) is 38.3 Å². The van der Waals surface area contributed by atoms with Gasteiger partial charge in [-0.25, -0.2) is 0 Å². The van der Waals surface area contributed by atoms with Crippen molar-refractivity contribution in [1.82, 2.24) is 10.6 Å². The maximum absolute atomic E-state index is 5.82. The lowest BCUT2D eigenvalue weighted by atomic mass is 9.57. The summed E-state index contributed by atoms with van der Waals surface area (Å²) in [5, 5.41) is 6.94. The highest BCUT2D eigenvalue weighted by Crippen LogP contribution is 2.51. The predicted octanol–water partition coefficient (Wildman–Crippen LogP) is 2.55. The molecular weight excluding hydrogens is 365 g/mol. The van der Waals surface area contributed by atoms with Crippen molar-refractivity contribution in [2.75, 3.05) is 20.2 Å². The summed E-state index contributed by atoms with van der Waals surface area (Å²) in [6.45, 7) is 8.44. The zero-order chi connectivity index (χ0) is 13.9. The van der Waals surface area contributed by atoms with Crippen molar-refractivity contribution in [3.05, 3.63) is 12.2 Å². The number of hydrogen-bond acceptors (Lipinski definition) is 2. The van der Waals surface area contributed by atoms with Gasteiger partial charge in [0.2, 0.25) is 0 Å². The molecule has 1 heterocycles. The zero-order valence-electron chi connectivity index (χ0n) is 13.0. The second-order valence-electron chi connectivity index (χ2n) is 6.04. The molecule has 0 aromatic rings. The van der Waals surface area contributed by atoms with E-state index in [9.17, 15) is 0 Å². The molecule has 2 aliphatic rings. The molecule has 3 atom stereocenters. The molecule has 2 fully saturated rings.